The third kappa shape index (κ3) is 5.27. The molecule has 6 nitrogen and oxygen atoms in total. The Bertz CT molecular complexity index is 1790. The second-order valence-electron chi connectivity index (χ2n) is 9.27. The molecular weight excluding hydrogens is 508 g/mol. The van der Waals surface area contributed by atoms with Crippen LogP contribution in [0.25, 0.3) is 23.0 Å². The van der Waals surface area contributed by atoms with Crippen LogP contribution in [0.4, 0.5) is 5.69 Å². The van der Waals surface area contributed by atoms with Gasteiger partial charge in [-0.15, -0.1) is 0 Å². The van der Waals surface area contributed by atoms with Crippen molar-refractivity contribution in [1.82, 2.24) is 9.78 Å². The van der Waals surface area contributed by atoms with Crippen molar-refractivity contribution in [2.45, 2.75) is 0 Å². The van der Waals surface area contributed by atoms with Crippen molar-refractivity contribution in [3.8, 4) is 22.8 Å². The van der Waals surface area contributed by atoms with Gasteiger partial charge < -0.3 is 5.11 Å². The van der Waals surface area contributed by atoms with E-state index in [2.05, 4.69) is 10.2 Å². The van der Waals surface area contributed by atoms with Gasteiger partial charge >= 0.3 is 0 Å². The summed E-state index contributed by atoms with van der Waals surface area (Å²) in [5.74, 6) is -0.415. The quantitative estimate of drug-likeness (QED) is 0.176. The number of hydrogen-bond acceptors (Lipinski definition) is 4. The monoisotopic (exact) mass is 533 g/mol. The van der Waals surface area contributed by atoms with Gasteiger partial charge in [0.05, 0.1) is 22.6 Å². The number of hydrazone groups is 1. The Balaban J connectivity index is 1.32. The summed E-state index contributed by atoms with van der Waals surface area (Å²) >= 11 is 0. The van der Waals surface area contributed by atoms with Crippen molar-refractivity contribution in [3.63, 3.8) is 0 Å². The van der Waals surface area contributed by atoms with Gasteiger partial charge in [0.25, 0.3) is 5.91 Å². The maximum Gasteiger partial charge on any atom is 0.281 e. The Kier molecular flexibility index (Phi) is 7.19. The number of carbonyl (C=O) groups is 1. The first kappa shape index (κ1) is 25.5. The van der Waals surface area contributed by atoms with Crippen LogP contribution >= 0.6 is 0 Å². The van der Waals surface area contributed by atoms with Crippen LogP contribution in [0, 0.1) is 0 Å². The van der Waals surface area contributed by atoms with E-state index in [0.717, 1.165) is 11.1 Å². The van der Waals surface area contributed by atoms with Crippen LogP contribution in [-0.4, -0.2) is 21.4 Å². The van der Waals surface area contributed by atoms with Crippen molar-refractivity contribution in [2.24, 2.45) is 5.10 Å². The topological polar surface area (TPSA) is 73.5 Å². The molecule has 1 aliphatic rings. The van der Waals surface area contributed by atoms with Crippen molar-refractivity contribution in [3.05, 3.63) is 162 Å². The summed E-state index contributed by atoms with van der Waals surface area (Å²) < 4.78 is 1.42. The molecule has 0 unspecified atom stereocenters. The average molecular weight is 534 g/mol. The molecular formula is C35H25N4O2-. The second-order valence-corrected chi connectivity index (χ2v) is 9.27. The van der Waals surface area contributed by atoms with E-state index in [-0.39, 0.29) is 11.8 Å². The molecule has 6 rings (SSSR count). The largest absolute Gasteiger partial charge is 0.858 e. The Hall–Kier alpha value is -5.75. The van der Waals surface area contributed by atoms with Crippen LogP contribution in [-0.2, 0) is 4.79 Å². The van der Waals surface area contributed by atoms with E-state index in [4.69, 9.17) is 0 Å². The first-order valence-corrected chi connectivity index (χ1v) is 13.2. The molecule has 0 saturated carbocycles. The number of rotatable bonds is 7. The standard InChI is InChI=1S/C35H26N4O2/c40-34-30(32(26-16-6-1-7-17-26)36-38(34)28-20-10-3-11-21-28)24-14-5-15-25-31-33(27-18-8-2-9-19-27)37-39(35(31)41)29-22-12-4-13-23-29/h1-25,40H/p-1/b15-5+,24-14+,31-25-. The normalized spacial score (nSPS) is 14.4. The molecule has 0 spiro atoms. The van der Waals surface area contributed by atoms with E-state index in [1.54, 1.807) is 30.4 Å². The Morgan fingerprint density at radius 1 is 0.634 bits per heavy atom. The summed E-state index contributed by atoms with van der Waals surface area (Å²) in [6.07, 6.45) is 8.87. The van der Waals surface area contributed by atoms with Gasteiger partial charge in [-0.3, -0.25) is 4.79 Å². The van der Waals surface area contributed by atoms with E-state index in [0.29, 0.717) is 33.9 Å². The fourth-order valence-electron chi connectivity index (χ4n) is 4.60. The molecule has 2 heterocycles. The van der Waals surface area contributed by atoms with E-state index in [1.165, 1.54) is 9.69 Å². The van der Waals surface area contributed by atoms with Crippen molar-refractivity contribution >= 4 is 23.4 Å². The summed E-state index contributed by atoms with van der Waals surface area (Å²) in [5, 5.41) is 24.1. The van der Waals surface area contributed by atoms with E-state index in [1.807, 2.05) is 121 Å². The van der Waals surface area contributed by atoms with Crippen molar-refractivity contribution in [1.29, 1.82) is 0 Å². The minimum absolute atomic E-state index is 0.207. The summed E-state index contributed by atoms with van der Waals surface area (Å²) in [6, 6.07) is 38.0. The molecule has 1 aromatic heterocycles. The van der Waals surface area contributed by atoms with Gasteiger partial charge in [-0.1, -0.05) is 121 Å². The molecule has 0 aliphatic carbocycles. The lowest BCUT2D eigenvalue weighted by molar-refractivity contribution is -0.278. The third-order valence-corrected chi connectivity index (χ3v) is 6.60. The molecule has 5 aromatic rings. The van der Waals surface area contributed by atoms with E-state index < -0.39 is 0 Å². The van der Waals surface area contributed by atoms with Crippen LogP contribution in [0.1, 0.15) is 11.1 Å². The predicted molar refractivity (Wildman–Crippen MR) is 162 cm³/mol. The molecule has 0 radical (unpaired) electrons. The smallest absolute Gasteiger partial charge is 0.281 e. The third-order valence-electron chi connectivity index (χ3n) is 6.60. The Labute approximate surface area is 238 Å². The lowest BCUT2D eigenvalue weighted by Crippen LogP contribution is -2.21. The fraction of sp³-hybridized carbons (Fsp3) is 0. The first-order valence-electron chi connectivity index (χ1n) is 13.2. The SMILES string of the molecule is O=C1\C(=C/C=C/C=C/c2c(-c3ccccc3)nn(-c3ccccc3)c2[O-])C(c2ccccc2)=NN1c1ccccc1. The van der Waals surface area contributed by atoms with Gasteiger partial charge in [0.1, 0.15) is 5.71 Å². The fourth-order valence-corrected chi connectivity index (χ4v) is 4.60. The first-order chi connectivity index (χ1) is 20.2. The number of anilines is 1. The highest BCUT2D eigenvalue weighted by Gasteiger charge is 2.31. The highest BCUT2D eigenvalue weighted by molar-refractivity contribution is 6.35. The molecule has 1 amide bonds. The Morgan fingerprint density at radius 2 is 1.20 bits per heavy atom. The van der Waals surface area contributed by atoms with Gasteiger partial charge in [0.15, 0.2) is 0 Å². The van der Waals surface area contributed by atoms with Gasteiger partial charge in [0.2, 0.25) is 0 Å². The molecule has 198 valence electrons. The number of hydrogen-bond donors (Lipinski definition) is 0. The number of carbonyl (C=O) groups excluding carboxylic acids is 1. The Morgan fingerprint density at radius 3 is 1.83 bits per heavy atom. The molecule has 0 N–H and O–H groups in total. The van der Waals surface area contributed by atoms with Crippen LogP contribution < -0.4 is 10.1 Å². The molecule has 1 aliphatic heterocycles. The van der Waals surface area contributed by atoms with Crippen LogP contribution in [0.5, 0.6) is 5.88 Å². The predicted octanol–water partition coefficient (Wildman–Crippen LogP) is 6.56. The molecule has 4 aromatic carbocycles. The highest BCUT2D eigenvalue weighted by Crippen LogP contribution is 2.31. The highest BCUT2D eigenvalue weighted by atomic mass is 16.3. The van der Waals surface area contributed by atoms with Gasteiger partial charge in [0, 0.05) is 16.7 Å². The summed E-state index contributed by atoms with van der Waals surface area (Å²) in [6.45, 7) is 0. The summed E-state index contributed by atoms with van der Waals surface area (Å²) in [7, 11) is 0. The number of benzene rings is 4. The van der Waals surface area contributed by atoms with Crippen molar-refractivity contribution < 1.29 is 9.90 Å². The zero-order valence-corrected chi connectivity index (χ0v) is 22.0. The van der Waals surface area contributed by atoms with Gasteiger partial charge in [-0.05, 0) is 36.2 Å². The summed E-state index contributed by atoms with van der Waals surface area (Å²) in [4.78, 5) is 13.4. The van der Waals surface area contributed by atoms with E-state index >= 15 is 0 Å². The van der Waals surface area contributed by atoms with E-state index in [9.17, 15) is 9.90 Å². The number of para-hydroxylation sites is 2. The lowest BCUT2D eigenvalue weighted by atomic mass is 10.0. The van der Waals surface area contributed by atoms with Gasteiger partial charge in [-0.2, -0.15) is 15.2 Å². The lowest BCUT2D eigenvalue weighted by Gasteiger charge is -2.11. The average Bonchev–Trinajstić information content (AvgIpc) is 3.55. The maximum atomic E-state index is 13.4. The molecule has 41 heavy (non-hydrogen) atoms. The van der Waals surface area contributed by atoms with Crippen molar-refractivity contribution in [2.75, 3.05) is 5.01 Å². The number of amides is 1. The summed E-state index contributed by atoms with van der Waals surface area (Å²) in [5.41, 5.74) is 5.27. The number of nitrogens with zero attached hydrogens (tertiary/aromatic N) is 4. The van der Waals surface area contributed by atoms with Crippen LogP contribution in [0.2, 0.25) is 0 Å². The van der Waals surface area contributed by atoms with Gasteiger partial charge in [-0.25, -0.2) is 4.68 Å². The second kappa shape index (κ2) is 11.6. The number of aromatic nitrogens is 2. The number of allylic oxidation sites excluding steroid dienone is 4. The minimum Gasteiger partial charge on any atom is -0.858 e. The van der Waals surface area contributed by atoms with Crippen LogP contribution in [0.3, 0.4) is 0 Å². The maximum absolute atomic E-state index is 13.4. The van der Waals surface area contributed by atoms with Crippen LogP contribution in [0.15, 0.2) is 156 Å². The zero-order valence-electron chi connectivity index (χ0n) is 22.0. The molecule has 6 heteroatoms. The molecule has 0 fully saturated rings. The molecule has 0 atom stereocenters. The molecule has 0 saturated heterocycles. The zero-order chi connectivity index (χ0) is 28.0. The minimum atomic E-state index is -0.207. The molecule has 0 bridgehead atoms.